The number of hydrogen-bond acceptors (Lipinski definition) is 6. The molecule has 1 aliphatic carbocycles. The van der Waals surface area contributed by atoms with Crippen molar-refractivity contribution in [2.75, 3.05) is 12.3 Å². The Bertz CT molecular complexity index is 1130. The lowest BCUT2D eigenvalue weighted by Gasteiger charge is -2.25. The van der Waals surface area contributed by atoms with Crippen molar-refractivity contribution >= 4 is 29.0 Å². The minimum atomic E-state index is -0.955. The molecule has 0 saturated heterocycles. The molecule has 1 aliphatic rings. The number of thioether (sulfide) groups is 1. The molecule has 1 fully saturated rings. The number of thiazole rings is 1. The van der Waals surface area contributed by atoms with Crippen LogP contribution in [-0.2, 0) is 17.8 Å². The minimum Gasteiger partial charge on any atom is -0.390 e. The molecule has 2 aromatic carbocycles. The number of halogens is 2. The minimum absolute atomic E-state index is 0.0987. The van der Waals surface area contributed by atoms with Crippen LogP contribution in [0.1, 0.15) is 41.1 Å². The Labute approximate surface area is 212 Å². The number of nitrogens with zero attached hydrogens (tertiary/aromatic N) is 1. The summed E-state index contributed by atoms with van der Waals surface area (Å²) in [7, 11) is 0. The number of aliphatic hydroxyl groups is 1. The Hall–Kier alpha value is -2.33. The number of aliphatic hydroxyl groups excluding tert-OH is 1. The molecule has 1 saturated carbocycles. The van der Waals surface area contributed by atoms with Crippen LogP contribution in [0.4, 0.5) is 8.78 Å². The number of nitrogens with one attached hydrogen (secondary N) is 2. The van der Waals surface area contributed by atoms with E-state index in [4.69, 9.17) is 0 Å². The number of rotatable bonds is 12. The van der Waals surface area contributed by atoms with Crippen LogP contribution in [0, 0.1) is 18.6 Å². The van der Waals surface area contributed by atoms with Crippen LogP contribution in [0.3, 0.4) is 0 Å². The highest BCUT2D eigenvalue weighted by molar-refractivity contribution is 8.01. The van der Waals surface area contributed by atoms with E-state index in [0.29, 0.717) is 18.0 Å². The monoisotopic (exact) mass is 517 g/mol. The fourth-order valence-electron chi connectivity index (χ4n) is 3.92. The van der Waals surface area contributed by atoms with E-state index in [2.05, 4.69) is 27.8 Å². The fourth-order valence-corrected chi connectivity index (χ4v) is 5.58. The lowest BCUT2D eigenvalue weighted by Crippen LogP contribution is -2.49. The highest BCUT2D eigenvalue weighted by Gasteiger charge is 2.24. The van der Waals surface area contributed by atoms with Crippen molar-refractivity contribution < 1.29 is 18.7 Å². The van der Waals surface area contributed by atoms with Crippen LogP contribution < -0.4 is 10.6 Å². The van der Waals surface area contributed by atoms with E-state index in [9.17, 15) is 18.7 Å². The van der Waals surface area contributed by atoms with E-state index in [1.165, 1.54) is 53.6 Å². The van der Waals surface area contributed by atoms with Crippen molar-refractivity contribution in [1.29, 1.82) is 0 Å². The molecule has 3 aromatic rings. The van der Waals surface area contributed by atoms with Gasteiger partial charge in [-0.1, -0.05) is 36.0 Å². The molecule has 5 nitrogen and oxygen atoms in total. The molecule has 2 atom stereocenters. The molecule has 0 bridgehead atoms. The summed E-state index contributed by atoms with van der Waals surface area (Å²) < 4.78 is 28.2. The molecule has 1 amide bonds. The van der Waals surface area contributed by atoms with Gasteiger partial charge in [0.05, 0.1) is 17.9 Å². The van der Waals surface area contributed by atoms with Gasteiger partial charge < -0.3 is 15.7 Å². The summed E-state index contributed by atoms with van der Waals surface area (Å²) in [6, 6.07) is 10.9. The molecule has 9 heteroatoms. The Morgan fingerprint density at radius 3 is 2.66 bits per heavy atom. The van der Waals surface area contributed by atoms with E-state index >= 15 is 0 Å². The second kappa shape index (κ2) is 12.1. The number of carbonyl (C=O) groups is 1. The zero-order valence-corrected chi connectivity index (χ0v) is 21.1. The second-order valence-corrected chi connectivity index (χ2v) is 11.0. The summed E-state index contributed by atoms with van der Waals surface area (Å²) in [5.41, 5.74) is 3.74. The number of benzene rings is 2. The van der Waals surface area contributed by atoms with E-state index in [-0.39, 0.29) is 24.6 Å². The van der Waals surface area contributed by atoms with Gasteiger partial charge in [-0.05, 0) is 60.9 Å². The number of hydrogen-bond donors (Lipinski definition) is 3. The summed E-state index contributed by atoms with van der Waals surface area (Å²) in [4.78, 5) is 17.0. The number of carbonyl (C=O) groups excluding carboxylic acids is 1. The zero-order chi connectivity index (χ0) is 24.8. The molecule has 186 valence electrons. The third kappa shape index (κ3) is 8.10. The van der Waals surface area contributed by atoms with E-state index in [1.54, 1.807) is 0 Å². The van der Waals surface area contributed by atoms with Crippen molar-refractivity contribution in [2.45, 2.75) is 55.1 Å². The molecule has 1 aromatic heterocycles. The predicted molar refractivity (Wildman–Crippen MR) is 136 cm³/mol. The summed E-state index contributed by atoms with van der Waals surface area (Å²) in [6.45, 7) is 2.68. The average molecular weight is 518 g/mol. The van der Waals surface area contributed by atoms with Gasteiger partial charge in [0.25, 0.3) is 0 Å². The zero-order valence-electron chi connectivity index (χ0n) is 19.5. The van der Waals surface area contributed by atoms with Crippen LogP contribution in [0.5, 0.6) is 0 Å². The number of amides is 1. The Kier molecular flexibility index (Phi) is 8.89. The van der Waals surface area contributed by atoms with Gasteiger partial charge in [0, 0.05) is 30.2 Å². The van der Waals surface area contributed by atoms with Gasteiger partial charge >= 0.3 is 0 Å². The quantitative estimate of drug-likeness (QED) is 0.307. The number of aryl methyl sites for hydroxylation is 1. The molecular weight excluding hydrogens is 488 g/mol. The van der Waals surface area contributed by atoms with Crippen LogP contribution in [-0.4, -0.2) is 40.4 Å². The lowest BCUT2D eigenvalue weighted by atomic mass is 10.0. The van der Waals surface area contributed by atoms with Crippen LogP contribution in [0.2, 0.25) is 0 Å². The van der Waals surface area contributed by atoms with Gasteiger partial charge in [0.15, 0.2) is 4.34 Å². The maximum atomic E-state index is 13.7. The first-order valence-electron chi connectivity index (χ1n) is 11.6. The van der Waals surface area contributed by atoms with E-state index in [1.807, 2.05) is 24.4 Å². The SMILES string of the molecule is Cc1csc(SCC(=O)N[C@@H](Cc2cc(F)cc(F)c2)[C@H](O)CNCc2cccc(C3CC3)c2)n1. The summed E-state index contributed by atoms with van der Waals surface area (Å²) in [5, 5.41) is 18.9. The standard InChI is InChI=1S/C26H29F2N3O2S2/c1-16-14-34-26(30-16)35-15-25(33)31-23(10-18-8-21(27)11-22(28)9-18)24(32)13-29-12-17-3-2-4-20(7-17)19-5-6-19/h2-4,7-9,11,14,19,23-24,29,32H,5-6,10,12-13,15H2,1H3,(H,31,33)/t23-,24+/m0/s1. The lowest BCUT2D eigenvalue weighted by molar-refractivity contribution is -0.120. The molecule has 0 aliphatic heterocycles. The van der Waals surface area contributed by atoms with Crippen molar-refractivity contribution in [3.8, 4) is 0 Å². The van der Waals surface area contributed by atoms with Gasteiger partial charge in [-0.3, -0.25) is 4.79 Å². The number of aromatic nitrogens is 1. The van der Waals surface area contributed by atoms with E-state index in [0.717, 1.165) is 21.7 Å². The van der Waals surface area contributed by atoms with Gasteiger partial charge in [-0.2, -0.15) is 0 Å². The largest absolute Gasteiger partial charge is 0.390 e. The van der Waals surface area contributed by atoms with Crippen LogP contribution >= 0.6 is 23.1 Å². The first-order valence-corrected chi connectivity index (χ1v) is 13.5. The molecule has 4 rings (SSSR count). The van der Waals surface area contributed by atoms with Crippen molar-refractivity contribution in [3.63, 3.8) is 0 Å². The summed E-state index contributed by atoms with van der Waals surface area (Å²) in [5.74, 6) is -0.862. The van der Waals surface area contributed by atoms with Gasteiger partial charge in [-0.25, -0.2) is 13.8 Å². The Morgan fingerprint density at radius 2 is 1.97 bits per heavy atom. The van der Waals surface area contributed by atoms with E-state index < -0.39 is 23.8 Å². The maximum absolute atomic E-state index is 13.7. The highest BCUT2D eigenvalue weighted by atomic mass is 32.2. The molecule has 35 heavy (non-hydrogen) atoms. The molecule has 0 radical (unpaired) electrons. The predicted octanol–water partition coefficient (Wildman–Crippen LogP) is 4.58. The Balaban J connectivity index is 1.36. The summed E-state index contributed by atoms with van der Waals surface area (Å²) >= 11 is 2.78. The first-order chi connectivity index (χ1) is 16.9. The smallest absolute Gasteiger partial charge is 0.230 e. The molecule has 3 N–H and O–H groups in total. The summed E-state index contributed by atoms with van der Waals surface area (Å²) in [6.07, 6.45) is 1.61. The van der Waals surface area contributed by atoms with Crippen LogP contribution in [0.25, 0.3) is 0 Å². The second-order valence-electron chi connectivity index (χ2n) is 8.92. The third-order valence-electron chi connectivity index (χ3n) is 5.80. The Morgan fingerprint density at radius 1 is 1.20 bits per heavy atom. The van der Waals surface area contributed by atoms with Crippen molar-refractivity contribution in [3.05, 3.63) is 81.9 Å². The third-order valence-corrected chi connectivity index (χ3v) is 7.93. The molecule has 0 spiro atoms. The van der Waals surface area contributed by atoms with Crippen LogP contribution in [0.15, 0.2) is 52.2 Å². The molecule has 0 unspecified atom stereocenters. The van der Waals surface area contributed by atoms with Crippen molar-refractivity contribution in [2.24, 2.45) is 0 Å². The van der Waals surface area contributed by atoms with Gasteiger partial charge in [0.2, 0.25) is 5.91 Å². The highest BCUT2D eigenvalue weighted by Crippen LogP contribution is 2.40. The normalized spacial score (nSPS) is 15.1. The average Bonchev–Trinajstić information content (AvgIpc) is 3.58. The fraction of sp³-hybridized carbons (Fsp3) is 0.385. The van der Waals surface area contributed by atoms with Crippen molar-refractivity contribution in [1.82, 2.24) is 15.6 Å². The van der Waals surface area contributed by atoms with Gasteiger partial charge in [0.1, 0.15) is 11.6 Å². The van der Waals surface area contributed by atoms with Gasteiger partial charge in [-0.15, -0.1) is 11.3 Å². The molecular formula is C26H29F2N3O2S2. The molecule has 1 heterocycles. The maximum Gasteiger partial charge on any atom is 0.230 e. The first kappa shape index (κ1) is 25.8. The topological polar surface area (TPSA) is 74.2 Å².